The van der Waals surface area contributed by atoms with Crippen molar-refractivity contribution in [1.29, 1.82) is 5.26 Å². The molecule has 0 saturated heterocycles. The molecule has 36 heavy (non-hydrogen) atoms. The highest BCUT2D eigenvalue weighted by molar-refractivity contribution is 9.10. The summed E-state index contributed by atoms with van der Waals surface area (Å²) in [5.41, 5.74) is 5.60. The van der Waals surface area contributed by atoms with Crippen molar-refractivity contribution < 1.29 is 9.53 Å². The van der Waals surface area contributed by atoms with E-state index in [1.165, 1.54) is 11.8 Å². The van der Waals surface area contributed by atoms with Gasteiger partial charge in [-0.25, -0.2) is 4.98 Å². The first-order chi connectivity index (χ1) is 17.4. The molecule has 0 aliphatic rings. The van der Waals surface area contributed by atoms with Crippen LogP contribution in [0.2, 0.25) is 0 Å². The Bertz CT molecular complexity index is 1410. The van der Waals surface area contributed by atoms with Crippen LogP contribution < -0.4 is 10.1 Å². The van der Waals surface area contributed by atoms with Crippen molar-refractivity contribution in [1.82, 2.24) is 4.98 Å². The van der Waals surface area contributed by atoms with Crippen molar-refractivity contribution >= 4 is 39.3 Å². The largest absolute Gasteiger partial charge is 0.497 e. The fourth-order valence-corrected chi connectivity index (χ4v) is 4.77. The first-order valence-electron chi connectivity index (χ1n) is 11.3. The molecular formula is C29H24BrN3O2S. The van der Waals surface area contributed by atoms with Crippen LogP contribution in [0.5, 0.6) is 5.75 Å². The van der Waals surface area contributed by atoms with Gasteiger partial charge in [0, 0.05) is 21.3 Å². The van der Waals surface area contributed by atoms with Gasteiger partial charge < -0.3 is 10.1 Å². The predicted octanol–water partition coefficient (Wildman–Crippen LogP) is 7.49. The monoisotopic (exact) mass is 557 g/mol. The number of aromatic nitrogens is 1. The highest BCUT2D eigenvalue weighted by Gasteiger charge is 2.21. The average molecular weight is 559 g/mol. The van der Waals surface area contributed by atoms with Gasteiger partial charge in [0.05, 0.1) is 23.6 Å². The maximum atomic E-state index is 13.0. The standard InChI is InChI=1S/C29H24BrN3O2S/c1-18-4-6-21(7-5-18)27-16-25(20-8-14-24(35-3)15-9-20)26(17-31)29(33-27)36-19(2)28(34)32-23-12-10-22(30)11-13-23/h4-16,19H,1-3H3,(H,32,34). The molecule has 0 radical (unpaired) electrons. The van der Waals surface area contributed by atoms with Gasteiger partial charge in [-0.05, 0) is 61.9 Å². The number of hydrogen-bond donors (Lipinski definition) is 1. The van der Waals surface area contributed by atoms with Crippen molar-refractivity contribution in [3.05, 3.63) is 94.5 Å². The van der Waals surface area contributed by atoms with Crippen LogP contribution in [-0.4, -0.2) is 23.3 Å². The van der Waals surface area contributed by atoms with E-state index in [0.29, 0.717) is 16.3 Å². The van der Waals surface area contributed by atoms with Gasteiger partial charge in [-0.15, -0.1) is 0 Å². The Kier molecular flexibility index (Phi) is 8.09. The number of ether oxygens (including phenoxy) is 1. The maximum Gasteiger partial charge on any atom is 0.237 e. The van der Waals surface area contributed by atoms with E-state index in [-0.39, 0.29) is 5.91 Å². The Morgan fingerprint density at radius 3 is 2.28 bits per heavy atom. The average Bonchev–Trinajstić information content (AvgIpc) is 2.90. The Morgan fingerprint density at radius 2 is 1.67 bits per heavy atom. The number of pyridine rings is 1. The number of anilines is 1. The van der Waals surface area contributed by atoms with Crippen LogP contribution in [0, 0.1) is 18.3 Å². The zero-order valence-corrected chi connectivity index (χ0v) is 22.5. The molecule has 3 aromatic carbocycles. The van der Waals surface area contributed by atoms with Gasteiger partial charge >= 0.3 is 0 Å². The number of nitrogens with zero attached hydrogens (tertiary/aromatic N) is 2. The molecule has 5 nitrogen and oxygen atoms in total. The van der Waals surface area contributed by atoms with Crippen molar-refractivity contribution in [3.8, 4) is 34.2 Å². The second kappa shape index (κ2) is 11.4. The lowest BCUT2D eigenvalue weighted by Gasteiger charge is -2.16. The number of rotatable bonds is 7. The Labute approximate surface area is 223 Å². The van der Waals surface area contributed by atoms with Crippen LogP contribution in [0.1, 0.15) is 18.1 Å². The van der Waals surface area contributed by atoms with E-state index < -0.39 is 5.25 Å². The molecule has 4 aromatic rings. The smallest absolute Gasteiger partial charge is 0.237 e. The van der Waals surface area contributed by atoms with Crippen LogP contribution in [0.4, 0.5) is 5.69 Å². The first kappa shape index (κ1) is 25.5. The van der Waals surface area contributed by atoms with E-state index in [0.717, 1.165) is 38.2 Å². The molecule has 0 bridgehead atoms. The van der Waals surface area contributed by atoms with Gasteiger partial charge in [0.1, 0.15) is 16.8 Å². The number of methoxy groups -OCH3 is 1. The number of amides is 1. The second-order valence-corrected chi connectivity index (χ2v) is 10.4. The van der Waals surface area contributed by atoms with Crippen LogP contribution in [0.15, 0.2) is 88.4 Å². The summed E-state index contributed by atoms with van der Waals surface area (Å²) in [5.74, 6) is 0.567. The normalized spacial score (nSPS) is 11.4. The molecule has 1 heterocycles. The van der Waals surface area contributed by atoms with E-state index >= 15 is 0 Å². The lowest BCUT2D eigenvalue weighted by molar-refractivity contribution is -0.115. The molecular weight excluding hydrogens is 534 g/mol. The van der Waals surface area contributed by atoms with E-state index in [9.17, 15) is 10.1 Å². The minimum atomic E-state index is -0.481. The molecule has 180 valence electrons. The molecule has 7 heteroatoms. The molecule has 1 N–H and O–H groups in total. The number of halogens is 1. The number of hydrogen-bond acceptors (Lipinski definition) is 5. The molecule has 1 atom stereocenters. The van der Waals surface area contributed by atoms with Crippen LogP contribution in [0.25, 0.3) is 22.4 Å². The molecule has 0 spiro atoms. The fourth-order valence-electron chi connectivity index (χ4n) is 3.58. The zero-order valence-electron chi connectivity index (χ0n) is 20.1. The molecule has 1 aromatic heterocycles. The van der Waals surface area contributed by atoms with Crippen molar-refractivity contribution in [2.45, 2.75) is 24.1 Å². The highest BCUT2D eigenvalue weighted by atomic mass is 79.9. The van der Waals surface area contributed by atoms with Gasteiger partial charge in [0.2, 0.25) is 5.91 Å². The summed E-state index contributed by atoms with van der Waals surface area (Å²) in [6, 6.07) is 27.3. The Morgan fingerprint density at radius 1 is 1.03 bits per heavy atom. The van der Waals surface area contributed by atoms with Crippen LogP contribution in [0.3, 0.4) is 0 Å². The molecule has 4 rings (SSSR count). The SMILES string of the molecule is COc1ccc(-c2cc(-c3ccc(C)cc3)nc(SC(C)C(=O)Nc3ccc(Br)cc3)c2C#N)cc1. The number of carbonyl (C=O) groups is 1. The van der Waals surface area contributed by atoms with E-state index in [1.807, 2.05) is 92.7 Å². The summed E-state index contributed by atoms with van der Waals surface area (Å²) < 4.78 is 6.23. The zero-order chi connectivity index (χ0) is 25.7. The van der Waals surface area contributed by atoms with Crippen LogP contribution >= 0.6 is 27.7 Å². The van der Waals surface area contributed by atoms with E-state index in [4.69, 9.17) is 9.72 Å². The maximum absolute atomic E-state index is 13.0. The summed E-state index contributed by atoms with van der Waals surface area (Å²) in [6.07, 6.45) is 0. The summed E-state index contributed by atoms with van der Waals surface area (Å²) in [4.78, 5) is 17.8. The lowest BCUT2D eigenvalue weighted by Crippen LogP contribution is -2.22. The summed E-state index contributed by atoms with van der Waals surface area (Å²) in [5, 5.41) is 13.1. The quantitative estimate of drug-likeness (QED) is 0.238. The number of nitrogens with one attached hydrogen (secondary N) is 1. The number of nitriles is 1. The minimum Gasteiger partial charge on any atom is -0.497 e. The third kappa shape index (κ3) is 5.96. The minimum absolute atomic E-state index is 0.167. The van der Waals surface area contributed by atoms with Gasteiger partial charge in [-0.2, -0.15) is 5.26 Å². The third-order valence-electron chi connectivity index (χ3n) is 5.62. The summed E-state index contributed by atoms with van der Waals surface area (Å²) in [6.45, 7) is 3.85. The predicted molar refractivity (Wildman–Crippen MR) is 149 cm³/mol. The van der Waals surface area contributed by atoms with E-state index in [2.05, 4.69) is 27.3 Å². The first-order valence-corrected chi connectivity index (χ1v) is 12.9. The van der Waals surface area contributed by atoms with Gasteiger partial charge in [-0.1, -0.05) is 69.7 Å². The molecule has 0 aliphatic heterocycles. The molecule has 0 aliphatic carbocycles. The van der Waals surface area contributed by atoms with Crippen molar-refractivity contribution in [2.24, 2.45) is 0 Å². The summed E-state index contributed by atoms with van der Waals surface area (Å²) in [7, 11) is 1.62. The molecule has 0 saturated carbocycles. The number of thioether (sulfide) groups is 1. The number of carbonyl (C=O) groups excluding carboxylic acids is 1. The third-order valence-corrected chi connectivity index (χ3v) is 7.23. The second-order valence-electron chi connectivity index (χ2n) is 8.20. The van der Waals surface area contributed by atoms with Crippen molar-refractivity contribution in [3.63, 3.8) is 0 Å². The van der Waals surface area contributed by atoms with Gasteiger partial charge in [0.15, 0.2) is 0 Å². The molecule has 1 unspecified atom stereocenters. The van der Waals surface area contributed by atoms with E-state index in [1.54, 1.807) is 7.11 Å². The Balaban J connectivity index is 1.73. The van der Waals surface area contributed by atoms with Crippen molar-refractivity contribution in [2.75, 3.05) is 12.4 Å². The number of aryl methyl sites for hydroxylation is 1. The highest BCUT2D eigenvalue weighted by Crippen LogP contribution is 2.36. The topological polar surface area (TPSA) is 75.0 Å². The van der Waals surface area contributed by atoms with Crippen LogP contribution in [-0.2, 0) is 4.79 Å². The summed E-state index contributed by atoms with van der Waals surface area (Å²) >= 11 is 4.68. The molecule has 0 fully saturated rings. The lowest BCUT2D eigenvalue weighted by atomic mass is 9.99. The molecule has 1 amide bonds. The van der Waals surface area contributed by atoms with Gasteiger partial charge in [0.25, 0.3) is 0 Å². The number of benzene rings is 3. The van der Waals surface area contributed by atoms with Gasteiger partial charge in [-0.3, -0.25) is 4.79 Å². The fraction of sp³-hybridized carbons (Fsp3) is 0.138. The Hall–Kier alpha value is -3.60.